The number of ether oxygens (including phenoxy) is 2. The second-order valence-corrected chi connectivity index (χ2v) is 5.55. The van der Waals surface area contributed by atoms with Crippen LogP contribution in [0.5, 0.6) is 11.5 Å². The lowest BCUT2D eigenvalue weighted by atomic mass is 10.1. The van der Waals surface area contributed by atoms with Crippen molar-refractivity contribution in [1.82, 2.24) is 0 Å². The molecular formula is C16H20Cl2O3. The molecule has 0 amide bonds. The maximum absolute atomic E-state index is 10.3. The number of unbranched alkanes of at least 4 members (excludes halogenated alkanes) is 1. The average Bonchev–Trinajstić information content (AvgIpc) is 2.44. The van der Waals surface area contributed by atoms with Gasteiger partial charge in [0.05, 0.1) is 6.61 Å². The van der Waals surface area contributed by atoms with Gasteiger partial charge in [-0.3, -0.25) is 0 Å². The normalized spacial score (nSPS) is 10.1. The maximum Gasteiger partial charge on any atom is 0.125 e. The zero-order valence-electron chi connectivity index (χ0n) is 12.3. The van der Waals surface area contributed by atoms with Gasteiger partial charge in [-0.05, 0) is 49.1 Å². The second-order valence-electron chi connectivity index (χ2n) is 4.54. The largest absolute Gasteiger partial charge is 0.493 e. The van der Waals surface area contributed by atoms with Crippen molar-refractivity contribution in [1.29, 1.82) is 0 Å². The Morgan fingerprint density at radius 1 is 1.29 bits per heavy atom. The van der Waals surface area contributed by atoms with Gasteiger partial charge >= 0.3 is 0 Å². The molecular weight excluding hydrogens is 311 g/mol. The van der Waals surface area contributed by atoms with Crippen molar-refractivity contribution in [2.75, 3.05) is 13.2 Å². The molecule has 0 spiro atoms. The van der Waals surface area contributed by atoms with Crippen LogP contribution in [0.3, 0.4) is 0 Å². The number of rotatable bonds is 9. The van der Waals surface area contributed by atoms with Crippen LogP contribution < -0.4 is 9.47 Å². The number of benzene rings is 1. The Bertz CT molecular complexity index is 495. The molecule has 0 N–H and O–H groups in total. The number of aldehydes is 1. The third-order valence-corrected chi connectivity index (χ3v) is 3.21. The van der Waals surface area contributed by atoms with E-state index < -0.39 is 0 Å². The first-order chi connectivity index (χ1) is 10.1. The summed E-state index contributed by atoms with van der Waals surface area (Å²) in [5, 5.41) is 0. The smallest absolute Gasteiger partial charge is 0.125 e. The highest BCUT2D eigenvalue weighted by Crippen LogP contribution is 2.30. The van der Waals surface area contributed by atoms with Gasteiger partial charge in [-0.1, -0.05) is 30.1 Å². The van der Waals surface area contributed by atoms with Crippen LogP contribution in [0.4, 0.5) is 0 Å². The molecule has 0 saturated heterocycles. The van der Waals surface area contributed by atoms with Crippen LogP contribution in [-0.2, 0) is 11.2 Å². The van der Waals surface area contributed by atoms with E-state index in [1.54, 1.807) is 6.08 Å². The van der Waals surface area contributed by atoms with Crippen LogP contribution in [0.25, 0.3) is 0 Å². The van der Waals surface area contributed by atoms with Gasteiger partial charge in [0.2, 0.25) is 0 Å². The molecule has 0 unspecified atom stereocenters. The van der Waals surface area contributed by atoms with Gasteiger partial charge in [-0.15, -0.1) is 0 Å². The van der Waals surface area contributed by atoms with Crippen molar-refractivity contribution < 1.29 is 14.3 Å². The van der Waals surface area contributed by atoms with Crippen molar-refractivity contribution in [3.05, 3.63) is 33.8 Å². The molecule has 0 heterocycles. The van der Waals surface area contributed by atoms with E-state index in [4.69, 9.17) is 32.7 Å². The third kappa shape index (κ3) is 6.40. The quantitative estimate of drug-likeness (QED) is 0.489. The van der Waals surface area contributed by atoms with Crippen LogP contribution in [0.15, 0.2) is 22.7 Å². The number of hydrogen-bond acceptors (Lipinski definition) is 3. The number of carbonyl (C=O) groups excluding carboxylic acids is 1. The summed E-state index contributed by atoms with van der Waals surface area (Å²) in [5.41, 5.74) is 2.09. The van der Waals surface area contributed by atoms with Crippen LogP contribution in [0.1, 0.15) is 30.9 Å². The molecule has 0 atom stereocenters. The summed E-state index contributed by atoms with van der Waals surface area (Å²) < 4.78 is 11.6. The molecule has 0 fully saturated rings. The summed E-state index contributed by atoms with van der Waals surface area (Å²) >= 11 is 11.1. The SMILES string of the molecule is CCc1cc(OCC=C(Cl)Cl)cc(C)c1OCCCC=O. The Hall–Kier alpha value is -1.19. The Kier molecular flexibility index (Phi) is 8.24. The number of hydrogen-bond donors (Lipinski definition) is 0. The second kappa shape index (κ2) is 9.69. The molecule has 21 heavy (non-hydrogen) atoms. The van der Waals surface area contributed by atoms with Gasteiger partial charge < -0.3 is 14.3 Å². The fraction of sp³-hybridized carbons (Fsp3) is 0.438. The van der Waals surface area contributed by atoms with Gasteiger partial charge in [0.15, 0.2) is 0 Å². The predicted octanol–water partition coefficient (Wildman–Crippen LogP) is 4.61. The molecule has 1 aromatic rings. The molecule has 3 nitrogen and oxygen atoms in total. The van der Waals surface area contributed by atoms with Crippen LogP contribution in [-0.4, -0.2) is 19.5 Å². The molecule has 0 radical (unpaired) electrons. The van der Waals surface area contributed by atoms with Crippen molar-refractivity contribution in [2.45, 2.75) is 33.1 Å². The van der Waals surface area contributed by atoms with Crippen molar-refractivity contribution in [3.63, 3.8) is 0 Å². The summed E-state index contributed by atoms with van der Waals surface area (Å²) in [5.74, 6) is 1.64. The lowest BCUT2D eigenvalue weighted by molar-refractivity contribution is -0.108. The van der Waals surface area contributed by atoms with E-state index in [1.165, 1.54) is 0 Å². The molecule has 0 aromatic heterocycles. The Balaban J connectivity index is 2.76. The molecule has 1 aromatic carbocycles. The van der Waals surface area contributed by atoms with E-state index in [-0.39, 0.29) is 4.49 Å². The molecule has 0 bridgehead atoms. The van der Waals surface area contributed by atoms with Crippen molar-refractivity contribution >= 4 is 29.5 Å². The Labute approximate surface area is 135 Å². The first-order valence-electron chi connectivity index (χ1n) is 6.92. The summed E-state index contributed by atoms with van der Waals surface area (Å²) in [6, 6.07) is 3.88. The van der Waals surface area contributed by atoms with E-state index in [1.807, 2.05) is 19.1 Å². The van der Waals surface area contributed by atoms with Gasteiger partial charge in [0.1, 0.15) is 28.9 Å². The summed E-state index contributed by atoms with van der Waals surface area (Å²) in [7, 11) is 0. The molecule has 0 aliphatic heterocycles. The molecule has 1 rings (SSSR count). The van der Waals surface area contributed by atoms with Crippen molar-refractivity contribution in [2.24, 2.45) is 0 Å². The highest BCUT2D eigenvalue weighted by Gasteiger charge is 2.09. The zero-order chi connectivity index (χ0) is 15.7. The van der Waals surface area contributed by atoms with Gasteiger partial charge in [-0.25, -0.2) is 0 Å². The standard InChI is InChI=1S/C16H20Cl2O3/c1-3-13-11-14(20-9-6-15(17)18)10-12(2)16(13)21-8-5-4-7-19/h6-7,10-11H,3-5,8-9H2,1-2H3. The molecule has 0 aliphatic rings. The first kappa shape index (κ1) is 17.9. The summed E-state index contributed by atoms with van der Waals surface area (Å²) in [4.78, 5) is 10.3. The van der Waals surface area contributed by atoms with Crippen LogP contribution in [0, 0.1) is 6.92 Å². The summed E-state index contributed by atoms with van der Waals surface area (Å²) in [6.45, 7) is 4.90. The lowest BCUT2D eigenvalue weighted by Crippen LogP contribution is -2.03. The predicted molar refractivity (Wildman–Crippen MR) is 86.6 cm³/mol. The fourth-order valence-electron chi connectivity index (χ4n) is 1.91. The Morgan fingerprint density at radius 2 is 2.05 bits per heavy atom. The molecule has 0 aliphatic carbocycles. The van der Waals surface area contributed by atoms with Gasteiger partial charge in [0, 0.05) is 6.42 Å². The topological polar surface area (TPSA) is 35.5 Å². The molecule has 5 heteroatoms. The lowest BCUT2D eigenvalue weighted by Gasteiger charge is -2.15. The van der Waals surface area contributed by atoms with E-state index in [9.17, 15) is 4.79 Å². The highest BCUT2D eigenvalue weighted by molar-refractivity contribution is 6.55. The zero-order valence-corrected chi connectivity index (χ0v) is 13.8. The minimum Gasteiger partial charge on any atom is -0.493 e. The minimum absolute atomic E-state index is 0.192. The number of carbonyl (C=O) groups is 1. The minimum atomic E-state index is 0.192. The Morgan fingerprint density at radius 3 is 2.67 bits per heavy atom. The van der Waals surface area contributed by atoms with Crippen molar-refractivity contribution in [3.8, 4) is 11.5 Å². The molecule has 116 valence electrons. The van der Waals surface area contributed by atoms with E-state index in [0.29, 0.717) is 19.6 Å². The van der Waals surface area contributed by atoms with E-state index in [0.717, 1.165) is 41.8 Å². The van der Waals surface area contributed by atoms with Gasteiger partial charge in [0.25, 0.3) is 0 Å². The maximum atomic E-state index is 10.3. The van der Waals surface area contributed by atoms with E-state index >= 15 is 0 Å². The monoisotopic (exact) mass is 330 g/mol. The number of halogens is 2. The number of aryl methyl sites for hydroxylation is 2. The highest BCUT2D eigenvalue weighted by atomic mass is 35.5. The summed E-state index contributed by atoms with van der Waals surface area (Å²) in [6.07, 6.45) is 4.58. The van der Waals surface area contributed by atoms with Crippen LogP contribution >= 0.6 is 23.2 Å². The first-order valence-corrected chi connectivity index (χ1v) is 7.68. The van der Waals surface area contributed by atoms with Crippen LogP contribution in [0.2, 0.25) is 0 Å². The van der Waals surface area contributed by atoms with Gasteiger partial charge in [-0.2, -0.15) is 0 Å². The third-order valence-electron chi connectivity index (χ3n) is 2.91. The average molecular weight is 331 g/mol. The van der Waals surface area contributed by atoms with E-state index in [2.05, 4.69) is 6.92 Å². The molecule has 0 saturated carbocycles. The fourth-order valence-corrected chi connectivity index (χ4v) is 2.03.